The zero-order valence-corrected chi connectivity index (χ0v) is 10.3. The normalized spacial score (nSPS) is 12.1. The smallest absolute Gasteiger partial charge is 0.0912 e. The fourth-order valence-electron chi connectivity index (χ4n) is 2.04. The van der Waals surface area contributed by atoms with Gasteiger partial charge in [-0.05, 0) is 43.9 Å². The van der Waals surface area contributed by atoms with E-state index >= 15 is 0 Å². The van der Waals surface area contributed by atoms with Crippen molar-refractivity contribution in [2.45, 2.75) is 33.2 Å². The number of halogens is 2. The minimum Gasteiger partial charge on any atom is -0.324 e. The molecular weight excluding hydrogens is 213 g/mol. The quantitative estimate of drug-likeness (QED) is 0.848. The molecule has 1 rings (SSSR count). The molecule has 15 heavy (non-hydrogen) atoms. The maximum atomic E-state index is 12.2. The Hall–Kier alpha value is -0.600. The molecule has 2 N–H and O–H groups in total. The molecule has 0 spiro atoms. The van der Waals surface area contributed by atoms with Crippen molar-refractivity contribution in [1.82, 2.24) is 0 Å². The van der Waals surface area contributed by atoms with Gasteiger partial charge in [0.2, 0.25) is 0 Å². The highest BCUT2D eigenvalue weighted by atomic mass is 35.5. The molecular formula is C12H19ClFN. The number of benzene rings is 1. The second-order valence-corrected chi connectivity index (χ2v) is 3.90. The van der Waals surface area contributed by atoms with E-state index in [0.29, 0.717) is 6.42 Å². The average Bonchev–Trinajstić information content (AvgIpc) is 2.01. The summed E-state index contributed by atoms with van der Waals surface area (Å²) in [5, 5.41) is 0. The number of hydrogen-bond donors (Lipinski definition) is 1. The van der Waals surface area contributed by atoms with Gasteiger partial charge < -0.3 is 5.73 Å². The Kier molecular flexibility index (Phi) is 5.84. The van der Waals surface area contributed by atoms with Gasteiger partial charge in [-0.2, -0.15) is 0 Å². The number of hydrogen-bond acceptors (Lipinski definition) is 1. The molecule has 0 heterocycles. The van der Waals surface area contributed by atoms with Crippen LogP contribution >= 0.6 is 12.4 Å². The summed E-state index contributed by atoms with van der Waals surface area (Å²) in [7, 11) is 0. The lowest BCUT2D eigenvalue weighted by atomic mass is 9.93. The summed E-state index contributed by atoms with van der Waals surface area (Å²) < 4.78 is 12.2. The van der Waals surface area contributed by atoms with Gasteiger partial charge in [-0.3, -0.25) is 4.39 Å². The SMILES string of the molecule is Cc1cc(C)c([C@@H](N)CCF)c(C)c1.Cl. The van der Waals surface area contributed by atoms with E-state index in [1.807, 2.05) is 13.8 Å². The van der Waals surface area contributed by atoms with E-state index in [1.165, 1.54) is 16.7 Å². The van der Waals surface area contributed by atoms with Crippen molar-refractivity contribution in [3.05, 3.63) is 34.4 Å². The molecule has 86 valence electrons. The van der Waals surface area contributed by atoms with Crippen molar-refractivity contribution in [1.29, 1.82) is 0 Å². The van der Waals surface area contributed by atoms with Gasteiger partial charge in [-0.15, -0.1) is 12.4 Å². The molecule has 0 unspecified atom stereocenters. The van der Waals surface area contributed by atoms with Crippen LogP contribution in [0.5, 0.6) is 0 Å². The topological polar surface area (TPSA) is 26.0 Å². The molecule has 0 saturated carbocycles. The number of nitrogens with two attached hydrogens (primary N) is 1. The van der Waals surface area contributed by atoms with Crippen LogP contribution in [0.3, 0.4) is 0 Å². The lowest BCUT2D eigenvalue weighted by molar-refractivity contribution is 0.441. The van der Waals surface area contributed by atoms with Gasteiger partial charge in [-0.25, -0.2) is 0 Å². The second-order valence-electron chi connectivity index (χ2n) is 3.90. The third-order valence-electron chi connectivity index (χ3n) is 2.53. The maximum Gasteiger partial charge on any atom is 0.0912 e. The van der Waals surface area contributed by atoms with Crippen molar-refractivity contribution in [3.63, 3.8) is 0 Å². The number of aryl methyl sites for hydroxylation is 3. The van der Waals surface area contributed by atoms with Crippen LogP contribution in [0.25, 0.3) is 0 Å². The highest BCUT2D eigenvalue weighted by molar-refractivity contribution is 5.85. The monoisotopic (exact) mass is 231 g/mol. The first-order chi connectivity index (χ1) is 6.56. The Morgan fingerprint density at radius 1 is 1.20 bits per heavy atom. The lowest BCUT2D eigenvalue weighted by Gasteiger charge is -2.17. The van der Waals surface area contributed by atoms with Crippen LogP contribution in [0.15, 0.2) is 12.1 Å². The zero-order chi connectivity index (χ0) is 10.7. The van der Waals surface area contributed by atoms with Gasteiger partial charge in [0, 0.05) is 6.04 Å². The standard InChI is InChI=1S/C12H18FN.ClH/c1-8-6-9(2)12(10(3)7-8)11(14)4-5-13;/h6-7,11H,4-5,14H2,1-3H3;1H/t11-;/m0./s1. The summed E-state index contributed by atoms with van der Waals surface area (Å²) in [5.74, 6) is 0. The van der Waals surface area contributed by atoms with Gasteiger partial charge in [-0.1, -0.05) is 17.7 Å². The van der Waals surface area contributed by atoms with E-state index in [2.05, 4.69) is 19.1 Å². The van der Waals surface area contributed by atoms with E-state index in [4.69, 9.17) is 5.73 Å². The minimum absolute atomic E-state index is 0. The average molecular weight is 232 g/mol. The Bertz CT molecular complexity index is 302. The highest BCUT2D eigenvalue weighted by Crippen LogP contribution is 2.23. The largest absolute Gasteiger partial charge is 0.324 e. The molecule has 0 aliphatic rings. The fraction of sp³-hybridized carbons (Fsp3) is 0.500. The third-order valence-corrected chi connectivity index (χ3v) is 2.53. The Balaban J connectivity index is 0.00000196. The Morgan fingerprint density at radius 2 is 1.67 bits per heavy atom. The molecule has 0 aromatic heterocycles. The molecule has 1 atom stereocenters. The van der Waals surface area contributed by atoms with Gasteiger partial charge in [0.1, 0.15) is 0 Å². The summed E-state index contributed by atoms with van der Waals surface area (Å²) in [6.45, 7) is 5.78. The summed E-state index contributed by atoms with van der Waals surface area (Å²) in [4.78, 5) is 0. The van der Waals surface area contributed by atoms with Crippen molar-refractivity contribution < 1.29 is 4.39 Å². The van der Waals surface area contributed by atoms with Gasteiger partial charge in [0.05, 0.1) is 6.67 Å². The van der Waals surface area contributed by atoms with E-state index in [1.54, 1.807) is 0 Å². The summed E-state index contributed by atoms with van der Waals surface area (Å²) in [6.07, 6.45) is 0.407. The molecule has 3 heteroatoms. The summed E-state index contributed by atoms with van der Waals surface area (Å²) in [5.41, 5.74) is 10.6. The minimum atomic E-state index is -0.353. The summed E-state index contributed by atoms with van der Waals surface area (Å²) in [6, 6.07) is 4.03. The van der Waals surface area contributed by atoms with Crippen LogP contribution in [0.1, 0.15) is 34.7 Å². The van der Waals surface area contributed by atoms with Crippen LogP contribution in [0.4, 0.5) is 4.39 Å². The molecule has 0 saturated heterocycles. The van der Waals surface area contributed by atoms with Crippen LogP contribution in [0, 0.1) is 20.8 Å². The summed E-state index contributed by atoms with van der Waals surface area (Å²) >= 11 is 0. The van der Waals surface area contributed by atoms with Crippen LogP contribution in [-0.2, 0) is 0 Å². The highest BCUT2D eigenvalue weighted by Gasteiger charge is 2.11. The molecule has 1 nitrogen and oxygen atoms in total. The molecule has 0 radical (unpaired) electrons. The molecule has 1 aromatic carbocycles. The van der Waals surface area contributed by atoms with Gasteiger partial charge >= 0.3 is 0 Å². The first-order valence-corrected chi connectivity index (χ1v) is 4.95. The number of rotatable bonds is 3. The predicted octanol–water partition coefficient (Wildman–Crippen LogP) is 3.39. The molecule has 0 aliphatic heterocycles. The van der Waals surface area contributed by atoms with Crippen molar-refractivity contribution in [3.8, 4) is 0 Å². The first kappa shape index (κ1) is 14.4. The van der Waals surface area contributed by atoms with E-state index in [-0.39, 0.29) is 25.1 Å². The van der Waals surface area contributed by atoms with E-state index in [9.17, 15) is 4.39 Å². The molecule has 0 amide bonds. The van der Waals surface area contributed by atoms with E-state index < -0.39 is 0 Å². The molecule has 0 fully saturated rings. The Morgan fingerprint density at radius 3 is 2.07 bits per heavy atom. The van der Waals surface area contributed by atoms with E-state index in [0.717, 1.165) is 5.56 Å². The maximum absolute atomic E-state index is 12.2. The molecule has 1 aromatic rings. The molecule has 0 bridgehead atoms. The number of alkyl halides is 1. The molecule has 0 aliphatic carbocycles. The fourth-order valence-corrected chi connectivity index (χ4v) is 2.04. The van der Waals surface area contributed by atoms with Crippen molar-refractivity contribution in [2.24, 2.45) is 5.73 Å². The van der Waals surface area contributed by atoms with Gasteiger partial charge in [0.15, 0.2) is 0 Å². The predicted molar refractivity (Wildman–Crippen MR) is 65.4 cm³/mol. The van der Waals surface area contributed by atoms with Crippen LogP contribution in [-0.4, -0.2) is 6.67 Å². The van der Waals surface area contributed by atoms with Crippen molar-refractivity contribution >= 4 is 12.4 Å². The lowest BCUT2D eigenvalue weighted by Crippen LogP contribution is -2.14. The third kappa shape index (κ3) is 3.47. The van der Waals surface area contributed by atoms with Crippen LogP contribution in [0.2, 0.25) is 0 Å². The van der Waals surface area contributed by atoms with Crippen LogP contribution < -0.4 is 5.73 Å². The first-order valence-electron chi connectivity index (χ1n) is 4.95. The Labute approximate surface area is 97.3 Å². The van der Waals surface area contributed by atoms with Crippen molar-refractivity contribution in [2.75, 3.05) is 6.67 Å². The second kappa shape index (κ2) is 6.09. The zero-order valence-electron chi connectivity index (χ0n) is 9.51. The van der Waals surface area contributed by atoms with Gasteiger partial charge in [0.25, 0.3) is 0 Å².